The third-order valence-corrected chi connectivity index (χ3v) is 4.33. The first-order valence-electron chi connectivity index (χ1n) is 7.25. The molecule has 0 saturated heterocycles. The van der Waals surface area contributed by atoms with Crippen molar-refractivity contribution in [2.45, 2.75) is 58.1 Å². The van der Waals surface area contributed by atoms with Crippen LogP contribution in [-0.4, -0.2) is 47.5 Å². The Labute approximate surface area is 151 Å². The van der Waals surface area contributed by atoms with Gasteiger partial charge in [-0.25, -0.2) is 0 Å². The summed E-state index contributed by atoms with van der Waals surface area (Å²) in [5, 5.41) is 10.3. The van der Waals surface area contributed by atoms with Crippen molar-refractivity contribution in [3.63, 3.8) is 0 Å². The largest absolute Gasteiger partial charge is 1.00 e. The number of rotatable bonds is 11. The molecule has 21 heavy (non-hydrogen) atoms. The van der Waals surface area contributed by atoms with Gasteiger partial charge < -0.3 is 19.4 Å². The zero-order valence-corrected chi connectivity index (χ0v) is 17.1. The molecular weight excluding hydrogens is 304 g/mol. The molecule has 0 radical (unpaired) electrons. The molecule has 0 saturated carbocycles. The maximum absolute atomic E-state index is 10.6. The van der Waals surface area contributed by atoms with E-state index in [1.165, 1.54) is 32.6 Å². The molecular formula is C13H30NNaO5P+. The minimum atomic E-state index is -4.80. The third kappa shape index (κ3) is 11.2. The van der Waals surface area contributed by atoms with Crippen LogP contribution < -0.4 is 34.5 Å². The Hall–Kier alpha value is 1.03. The number of likely N-dealkylation sites (N-methyl/N-ethyl adjacent to an activating group) is 1. The van der Waals surface area contributed by atoms with Gasteiger partial charge in [-0.3, -0.25) is 9.05 Å². The smallest absolute Gasteiger partial charge is 0.756 e. The Morgan fingerprint density at radius 2 is 1.67 bits per heavy atom. The molecule has 0 heterocycles. The summed E-state index contributed by atoms with van der Waals surface area (Å²) in [6.07, 6.45) is 6.93. The van der Waals surface area contributed by atoms with Crippen molar-refractivity contribution in [2.75, 3.05) is 27.2 Å². The molecule has 0 aliphatic heterocycles. The standard InChI is InChI=1S/C13H30NO5P.Na/c1-5-6-7-8-9-10-11-14(3,4)13(2,15)12-19-20(16,17)18;/h15H,5-12H2,1-4H3,(H-,16,17,18);/q;+1. The van der Waals surface area contributed by atoms with Crippen molar-refractivity contribution in [3.05, 3.63) is 0 Å². The van der Waals surface area contributed by atoms with Crippen LogP contribution in [0.25, 0.3) is 0 Å². The van der Waals surface area contributed by atoms with E-state index in [1.54, 1.807) is 0 Å². The Balaban J connectivity index is 0. The van der Waals surface area contributed by atoms with Crippen LogP contribution in [0.2, 0.25) is 0 Å². The van der Waals surface area contributed by atoms with Crippen LogP contribution in [0.4, 0.5) is 0 Å². The maximum atomic E-state index is 10.6. The van der Waals surface area contributed by atoms with E-state index < -0.39 is 20.2 Å². The second-order valence-electron chi connectivity index (χ2n) is 6.14. The van der Waals surface area contributed by atoms with Crippen LogP contribution in [0.5, 0.6) is 0 Å². The van der Waals surface area contributed by atoms with Gasteiger partial charge in [-0.2, -0.15) is 0 Å². The first-order valence-corrected chi connectivity index (χ1v) is 8.75. The van der Waals surface area contributed by atoms with E-state index in [9.17, 15) is 14.6 Å². The molecule has 2 N–H and O–H groups in total. The first-order chi connectivity index (χ1) is 9.02. The van der Waals surface area contributed by atoms with E-state index in [4.69, 9.17) is 4.89 Å². The number of nitrogens with zero attached hydrogens (tertiary/aromatic N) is 1. The number of hydrogen-bond donors (Lipinski definition) is 2. The molecule has 0 aliphatic rings. The van der Waals surface area contributed by atoms with Gasteiger partial charge in [-0.1, -0.05) is 32.6 Å². The molecule has 2 atom stereocenters. The molecule has 0 bridgehead atoms. The van der Waals surface area contributed by atoms with E-state index in [2.05, 4.69) is 11.4 Å². The van der Waals surface area contributed by atoms with Gasteiger partial charge in [-0.15, -0.1) is 0 Å². The Bertz CT molecular complexity index is 320. The zero-order chi connectivity index (χ0) is 15.9. The van der Waals surface area contributed by atoms with Crippen molar-refractivity contribution in [3.8, 4) is 0 Å². The van der Waals surface area contributed by atoms with Crippen LogP contribution >= 0.6 is 7.82 Å². The second kappa shape index (κ2) is 10.7. The quantitative estimate of drug-likeness (QED) is 0.160. The first kappa shape index (κ1) is 24.3. The summed E-state index contributed by atoms with van der Waals surface area (Å²) >= 11 is 0. The number of aliphatic hydroxyl groups is 1. The number of hydrogen-bond acceptors (Lipinski definition) is 4. The number of phosphoric acid groups is 1. The van der Waals surface area contributed by atoms with E-state index in [1.807, 2.05) is 14.1 Å². The normalized spacial score (nSPS) is 17.7. The van der Waals surface area contributed by atoms with Gasteiger partial charge in [0.1, 0.15) is 6.61 Å². The molecule has 0 aromatic carbocycles. The van der Waals surface area contributed by atoms with Gasteiger partial charge in [0.15, 0.2) is 0 Å². The summed E-state index contributed by atoms with van der Waals surface area (Å²) in [6, 6.07) is 0. The molecule has 0 amide bonds. The predicted octanol–water partition coefficient (Wildman–Crippen LogP) is -1.39. The summed E-state index contributed by atoms with van der Waals surface area (Å²) in [4.78, 5) is 19.2. The fraction of sp³-hybridized carbons (Fsp3) is 1.00. The molecule has 122 valence electrons. The van der Waals surface area contributed by atoms with Crippen molar-refractivity contribution in [1.29, 1.82) is 0 Å². The Kier molecular flexibility index (Phi) is 12.4. The fourth-order valence-corrected chi connectivity index (χ4v) is 2.31. The van der Waals surface area contributed by atoms with Crippen molar-refractivity contribution >= 4 is 7.82 Å². The molecule has 0 aliphatic carbocycles. The molecule has 0 aromatic rings. The van der Waals surface area contributed by atoms with E-state index in [-0.39, 0.29) is 34.0 Å². The minimum absolute atomic E-state index is 0. The summed E-state index contributed by atoms with van der Waals surface area (Å²) in [7, 11) is -1.15. The molecule has 8 heteroatoms. The fourth-order valence-electron chi connectivity index (χ4n) is 1.91. The van der Waals surface area contributed by atoms with Gasteiger partial charge in [-0.05, 0) is 12.8 Å². The Morgan fingerprint density at radius 3 is 2.14 bits per heavy atom. The summed E-state index contributed by atoms with van der Waals surface area (Å²) in [5.41, 5.74) is -1.37. The summed E-state index contributed by atoms with van der Waals surface area (Å²) in [5.74, 6) is 0. The minimum Gasteiger partial charge on any atom is -0.756 e. The zero-order valence-electron chi connectivity index (χ0n) is 14.2. The summed E-state index contributed by atoms with van der Waals surface area (Å²) < 4.78 is 15.2. The number of phosphoric ester groups is 1. The topological polar surface area (TPSA) is 89.8 Å². The van der Waals surface area contributed by atoms with E-state index >= 15 is 0 Å². The maximum Gasteiger partial charge on any atom is 1.00 e. The van der Waals surface area contributed by atoms with Crippen LogP contribution in [0.1, 0.15) is 52.4 Å². The van der Waals surface area contributed by atoms with Gasteiger partial charge in [0.2, 0.25) is 5.72 Å². The van der Waals surface area contributed by atoms with Crippen molar-refractivity contribution in [2.24, 2.45) is 0 Å². The monoisotopic (exact) mass is 334 g/mol. The molecule has 2 unspecified atom stereocenters. The van der Waals surface area contributed by atoms with Crippen molar-refractivity contribution in [1.82, 2.24) is 0 Å². The number of quaternary nitrogens is 1. The van der Waals surface area contributed by atoms with Gasteiger partial charge >= 0.3 is 29.6 Å². The van der Waals surface area contributed by atoms with Gasteiger partial charge in [0.05, 0.1) is 20.6 Å². The predicted molar refractivity (Wildman–Crippen MR) is 76.8 cm³/mol. The molecule has 0 fully saturated rings. The molecule has 0 rings (SSSR count). The van der Waals surface area contributed by atoms with Gasteiger partial charge in [0.25, 0.3) is 7.82 Å². The van der Waals surface area contributed by atoms with Crippen LogP contribution in [0.15, 0.2) is 0 Å². The molecule has 0 aromatic heterocycles. The van der Waals surface area contributed by atoms with E-state index in [0.29, 0.717) is 0 Å². The summed E-state index contributed by atoms with van der Waals surface area (Å²) in [6.45, 7) is 3.96. The Morgan fingerprint density at radius 1 is 1.19 bits per heavy atom. The average Bonchev–Trinajstić information content (AvgIpc) is 2.30. The average molecular weight is 334 g/mol. The second-order valence-corrected chi connectivity index (χ2v) is 7.33. The third-order valence-electron chi connectivity index (χ3n) is 3.88. The van der Waals surface area contributed by atoms with Crippen molar-refractivity contribution < 1.29 is 58.0 Å². The van der Waals surface area contributed by atoms with E-state index in [0.717, 1.165) is 19.4 Å². The van der Waals surface area contributed by atoms with Crippen LogP contribution in [0, 0.1) is 0 Å². The van der Waals surface area contributed by atoms with Crippen LogP contribution in [0.3, 0.4) is 0 Å². The van der Waals surface area contributed by atoms with Gasteiger partial charge in [0, 0.05) is 6.92 Å². The SMILES string of the molecule is CCCCCCCC[N+](C)(C)C(C)(O)COP(=O)([O-])O.[Na+]. The molecule has 6 nitrogen and oxygen atoms in total. The van der Waals surface area contributed by atoms with Crippen LogP contribution in [-0.2, 0) is 9.09 Å². The molecule has 0 spiro atoms. The number of unbranched alkanes of at least 4 members (excludes halogenated alkanes) is 5.